The van der Waals surface area contributed by atoms with Crippen LogP contribution < -0.4 is 5.32 Å². The van der Waals surface area contributed by atoms with Crippen LogP contribution in [-0.2, 0) is 17.3 Å². The molecule has 0 radical (unpaired) electrons. The van der Waals surface area contributed by atoms with Crippen LogP contribution in [0, 0.1) is 6.92 Å². The van der Waals surface area contributed by atoms with Crippen LogP contribution in [0.3, 0.4) is 0 Å². The van der Waals surface area contributed by atoms with Gasteiger partial charge in [-0.2, -0.15) is 5.10 Å². The SMILES string of the molecule is Cc1nn(C)c2ncc(NC(=O)C3(c4cccc(Br)c4)CC3)cc12. The van der Waals surface area contributed by atoms with Crippen molar-refractivity contribution in [1.29, 1.82) is 0 Å². The first-order valence-electron chi connectivity index (χ1n) is 7.86. The van der Waals surface area contributed by atoms with E-state index in [1.54, 1.807) is 10.9 Å². The number of amides is 1. The van der Waals surface area contributed by atoms with Gasteiger partial charge in [0.05, 0.1) is 23.0 Å². The third kappa shape index (κ3) is 2.41. The largest absolute Gasteiger partial charge is 0.324 e. The number of halogens is 1. The fourth-order valence-corrected chi connectivity index (χ4v) is 3.58. The van der Waals surface area contributed by atoms with E-state index in [-0.39, 0.29) is 5.91 Å². The van der Waals surface area contributed by atoms with Gasteiger partial charge >= 0.3 is 0 Å². The Morgan fingerprint density at radius 2 is 2.12 bits per heavy atom. The summed E-state index contributed by atoms with van der Waals surface area (Å²) in [5, 5.41) is 8.36. The van der Waals surface area contributed by atoms with Crippen LogP contribution in [0.4, 0.5) is 5.69 Å². The zero-order chi connectivity index (χ0) is 16.9. The number of hydrogen-bond donors (Lipinski definition) is 1. The minimum Gasteiger partial charge on any atom is -0.324 e. The molecule has 24 heavy (non-hydrogen) atoms. The number of aryl methyl sites for hydroxylation is 2. The monoisotopic (exact) mass is 384 g/mol. The molecule has 1 N–H and O–H groups in total. The van der Waals surface area contributed by atoms with Crippen LogP contribution in [-0.4, -0.2) is 20.7 Å². The van der Waals surface area contributed by atoms with Crippen molar-refractivity contribution in [2.24, 2.45) is 7.05 Å². The minimum absolute atomic E-state index is 0.0308. The average molecular weight is 385 g/mol. The second kappa shape index (κ2) is 5.41. The molecule has 6 heteroatoms. The number of hydrogen-bond acceptors (Lipinski definition) is 3. The number of carbonyl (C=O) groups is 1. The van der Waals surface area contributed by atoms with E-state index in [4.69, 9.17) is 0 Å². The molecule has 2 heterocycles. The molecule has 0 bridgehead atoms. The highest BCUT2D eigenvalue weighted by atomic mass is 79.9. The van der Waals surface area contributed by atoms with Crippen LogP contribution in [0.1, 0.15) is 24.1 Å². The van der Waals surface area contributed by atoms with Crippen LogP contribution in [0.15, 0.2) is 41.0 Å². The van der Waals surface area contributed by atoms with Crippen LogP contribution in [0.25, 0.3) is 11.0 Å². The van der Waals surface area contributed by atoms with Crippen molar-refractivity contribution < 1.29 is 4.79 Å². The lowest BCUT2D eigenvalue weighted by Gasteiger charge is -2.16. The molecule has 0 spiro atoms. The highest BCUT2D eigenvalue weighted by Gasteiger charge is 2.51. The predicted octanol–water partition coefficient (Wildman–Crippen LogP) is 3.71. The Morgan fingerprint density at radius 1 is 1.33 bits per heavy atom. The second-order valence-corrected chi connectivity index (χ2v) is 7.27. The number of aromatic nitrogens is 3. The summed E-state index contributed by atoms with van der Waals surface area (Å²) in [6.07, 6.45) is 3.44. The third-order valence-corrected chi connectivity index (χ3v) is 5.18. The van der Waals surface area contributed by atoms with Gasteiger partial charge < -0.3 is 5.32 Å². The normalized spacial score (nSPS) is 15.5. The number of rotatable bonds is 3. The Morgan fingerprint density at radius 3 is 2.83 bits per heavy atom. The number of nitrogens with zero attached hydrogens (tertiary/aromatic N) is 3. The summed E-state index contributed by atoms with van der Waals surface area (Å²) in [5.74, 6) is 0.0308. The lowest BCUT2D eigenvalue weighted by Crippen LogP contribution is -2.27. The highest BCUT2D eigenvalue weighted by molar-refractivity contribution is 9.10. The van der Waals surface area contributed by atoms with Gasteiger partial charge in [-0.3, -0.25) is 9.48 Å². The van der Waals surface area contributed by atoms with Crippen molar-refractivity contribution in [3.63, 3.8) is 0 Å². The molecule has 5 nitrogen and oxygen atoms in total. The van der Waals surface area contributed by atoms with Gasteiger partial charge in [0.1, 0.15) is 0 Å². The van der Waals surface area contributed by atoms with E-state index in [1.165, 1.54) is 0 Å². The van der Waals surface area contributed by atoms with Crippen molar-refractivity contribution in [2.75, 3.05) is 5.32 Å². The van der Waals surface area contributed by atoms with Crippen LogP contribution in [0.5, 0.6) is 0 Å². The summed E-state index contributed by atoms with van der Waals surface area (Å²) in [5.41, 5.74) is 3.08. The van der Waals surface area contributed by atoms with Crippen LogP contribution in [0.2, 0.25) is 0 Å². The van der Waals surface area contributed by atoms with E-state index in [0.717, 1.165) is 39.6 Å². The van der Waals surface area contributed by atoms with Crippen molar-refractivity contribution in [1.82, 2.24) is 14.8 Å². The van der Waals surface area contributed by atoms with Gasteiger partial charge in [0, 0.05) is 16.9 Å². The summed E-state index contributed by atoms with van der Waals surface area (Å²) in [7, 11) is 1.87. The van der Waals surface area contributed by atoms with Gasteiger partial charge in [-0.1, -0.05) is 28.1 Å². The fraction of sp³-hybridized carbons (Fsp3) is 0.278. The number of carbonyl (C=O) groups excluding carboxylic acids is 1. The molecule has 0 aliphatic heterocycles. The summed E-state index contributed by atoms with van der Waals surface area (Å²) in [6, 6.07) is 9.93. The number of anilines is 1. The number of pyridine rings is 1. The lowest BCUT2D eigenvalue weighted by atomic mass is 9.95. The van der Waals surface area contributed by atoms with Crippen molar-refractivity contribution >= 4 is 38.6 Å². The molecule has 0 saturated heterocycles. The zero-order valence-corrected chi connectivity index (χ0v) is 15.1. The van der Waals surface area contributed by atoms with Gasteiger partial charge in [0.2, 0.25) is 5.91 Å². The maximum absolute atomic E-state index is 12.9. The van der Waals surface area contributed by atoms with E-state index < -0.39 is 5.41 Å². The van der Waals surface area contributed by atoms with E-state index in [2.05, 4.69) is 31.3 Å². The first kappa shape index (κ1) is 15.3. The van der Waals surface area contributed by atoms with Crippen LogP contribution >= 0.6 is 15.9 Å². The molecule has 0 unspecified atom stereocenters. The highest BCUT2D eigenvalue weighted by Crippen LogP contribution is 2.49. The first-order valence-corrected chi connectivity index (χ1v) is 8.66. The predicted molar refractivity (Wildman–Crippen MR) is 96.9 cm³/mol. The molecular weight excluding hydrogens is 368 g/mol. The Labute approximate surface area is 148 Å². The Kier molecular flexibility index (Phi) is 3.46. The van der Waals surface area contributed by atoms with Crippen molar-refractivity contribution in [2.45, 2.75) is 25.2 Å². The molecule has 4 rings (SSSR count). The smallest absolute Gasteiger partial charge is 0.235 e. The molecule has 3 aromatic rings. The van der Waals surface area contributed by atoms with E-state index in [0.29, 0.717) is 5.69 Å². The third-order valence-electron chi connectivity index (χ3n) is 4.68. The van der Waals surface area contributed by atoms with E-state index in [1.807, 2.05) is 44.3 Å². The number of benzene rings is 1. The molecule has 122 valence electrons. The molecule has 1 saturated carbocycles. The lowest BCUT2D eigenvalue weighted by molar-refractivity contribution is -0.118. The van der Waals surface area contributed by atoms with Gasteiger partial charge in [-0.25, -0.2) is 4.98 Å². The Bertz CT molecular complexity index is 959. The summed E-state index contributed by atoms with van der Waals surface area (Å²) in [6.45, 7) is 1.94. The molecule has 1 aliphatic carbocycles. The molecule has 1 aromatic carbocycles. The van der Waals surface area contributed by atoms with Gasteiger partial charge in [-0.05, 0) is 43.5 Å². The van der Waals surface area contributed by atoms with E-state index in [9.17, 15) is 4.79 Å². The molecule has 1 amide bonds. The summed E-state index contributed by atoms with van der Waals surface area (Å²) < 4.78 is 2.74. The summed E-state index contributed by atoms with van der Waals surface area (Å²) >= 11 is 3.48. The second-order valence-electron chi connectivity index (χ2n) is 6.35. The minimum atomic E-state index is -0.414. The Hall–Kier alpha value is -2.21. The van der Waals surface area contributed by atoms with Gasteiger partial charge in [-0.15, -0.1) is 0 Å². The van der Waals surface area contributed by atoms with E-state index >= 15 is 0 Å². The quantitative estimate of drug-likeness (QED) is 0.748. The zero-order valence-electron chi connectivity index (χ0n) is 13.5. The maximum atomic E-state index is 12.9. The first-order chi connectivity index (χ1) is 11.5. The van der Waals surface area contributed by atoms with Gasteiger partial charge in [0.25, 0.3) is 0 Å². The molecular formula is C18H17BrN4O. The molecule has 0 atom stereocenters. The molecule has 1 aliphatic rings. The van der Waals surface area contributed by atoms with Gasteiger partial charge in [0.15, 0.2) is 5.65 Å². The molecule has 2 aromatic heterocycles. The van der Waals surface area contributed by atoms with Crippen molar-refractivity contribution in [3.05, 3.63) is 52.3 Å². The number of nitrogens with one attached hydrogen (secondary N) is 1. The fourth-order valence-electron chi connectivity index (χ4n) is 3.18. The average Bonchev–Trinajstić information content (AvgIpc) is 3.31. The maximum Gasteiger partial charge on any atom is 0.235 e. The van der Waals surface area contributed by atoms with Crippen molar-refractivity contribution in [3.8, 4) is 0 Å². The summed E-state index contributed by atoms with van der Waals surface area (Å²) in [4.78, 5) is 17.3. The standard InChI is InChI=1S/C18H17BrN4O/c1-11-15-9-14(10-20-16(15)23(2)22-11)21-17(24)18(6-7-18)12-4-3-5-13(19)8-12/h3-5,8-10H,6-7H2,1-2H3,(H,21,24). The Balaban J connectivity index is 1.63. The topological polar surface area (TPSA) is 59.8 Å². The molecule has 1 fully saturated rings. The number of fused-ring (bicyclic) bond motifs is 1.